The standard InChI is InChI=1S/C13H20N2O2/c1-10(11-6-5-9-17-11)15-12(16)13(2)7-3-4-8-14-13/h5-6,9-10,14H,3-4,7-8H2,1-2H3,(H,15,16)/t10-,13?/m0/s1. The molecule has 2 rings (SSSR count). The molecule has 0 saturated carbocycles. The molecule has 1 aliphatic rings. The first-order valence-corrected chi connectivity index (χ1v) is 6.21. The van der Waals surface area contributed by atoms with Crippen molar-refractivity contribution in [3.8, 4) is 0 Å². The molecule has 17 heavy (non-hydrogen) atoms. The lowest BCUT2D eigenvalue weighted by atomic mass is 9.90. The van der Waals surface area contributed by atoms with Gasteiger partial charge in [-0.15, -0.1) is 0 Å². The van der Waals surface area contributed by atoms with Gasteiger partial charge in [0.2, 0.25) is 5.91 Å². The molecule has 1 saturated heterocycles. The Morgan fingerprint density at radius 1 is 1.59 bits per heavy atom. The molecule has 4 nitrogen and oxygen atoms in total. The highest BCUT2D eigenvalue weighted by molar-refractivity contribution is 5.86. The van der Waals surface area contributed by atoms with Crippen LogP contribution in [0.5, 0.6) is 0 Å². The summed E-state index contributed by atoms with van der Waals surface area (Å²) in [5.41, 5.74) is -0.431. The Labute approximate surface area is 102 Å². The van der Waals surface area contributed by atoms with Crippen molar-refractivity contribution < 1.29 is 9.21 Å². The van der Waals surface area contributed by atoms with Crippen LogP contribution in [0.3, 0.4) is 0 Å². The number of hydrogen-bond acceptors (Lipinski definition) is 3. The average Bonchev–Trinajstić information content (AvgIpc) is 2.83. The molecule has 0 aliphatic carbocycles. The minimum atomic E-state index is -0.431. The van der Waals surface area contributed by atoms with Crippen LogP contribution in [0.25, 0.3) is 0 Å². The predicted molar refractivity (Wildman–Crippen MR) is 65.5 cm³/mol. The molecule has 1 fully saturated rings. The summed E-state index contributed by atoms with van der Waals surface area (Å²) < 4.78 is 5.28. The normalized spacial score (nSPS) is 26.5. The molecule has 2 atom stereocenters. The van der Waals surface area contributed by atoms with Crippen LogP contribution in [0.4, 0.5) is 0 Å². The quantitative estimate of drug-likeness (QED) is 0.844. The summed E-state index contributed by atoms with van der Waals surface area (Å²) in [6.07, 6.45) is 4.77. The summed E-state index contributed by atoms with van der Waals surface area (Å²) in [5, 5.41) is 6.30. The number of rotatable bonds is 3. The number of carbonyl (C=O) groups excluding carboxylic acids is 1. The number of nitrogens with one attached hydrogen (secondary N) is 2. The lowest BCUT2D eigenvalue weighted by molar-refractivity contribution is -0.128. The number of hydrogen-bond donors (Lipinski definition) is 2. The Morgan fingerprint density at radius 2 is 2.41 bits per heavy atom. The molecular weight excluding hydrogens is 216 g/mol. The molecule has 1 amide bonds. The van der Waals surface area contributed by atoms with Crippen molar-refractivity contribution in [1.82, 2.24) is 10.6 Å². The van der Waals surface area contributed by atoms with E-state index in [1.54, 1.807) is 6.26 Å². The molecule has 4 heteroatoms. The minimum absolute atomic E-state index is 0.0566. The Bertz CT molecular complexity index is 367. The van der Waals surface area contributed by atoms with Crippen LogP contribution in [0, 0.1) is 0 Å². The average molecular weight is 236 g/mol. The molecule has 0 aromatic carbocycles. The molecule has 1 aromatic rings. The van der Waals surface area contributed by atoms with Crippen molar-refractivity contribution in [2.24, 2.45) is 0 Å². The van der Waals surface area contributed by atoms with Crippen LogP contribution in [0.2, 0.25) is 0 Å². The third-order valence-corrected chi connectivity index (χ3v) is 3.44. The SMILES string of the molecule is C[C@H](NC(=O)C1(C)CCCCN1)c1ccco1. The first kappa shape index (κ1) is 12.2. The van der Waals surface area contributed by atoms with E-state index in [1.807, 2.05) is 26.0 Å². The largest absolute Gasteiger partial charge is 0.467 e. The van der Waals surface area contributed by atoms with Crippen LogP contribution in [-0.4, -0.2) is 18.0 Å². The first-order valence-electron chi connectivity index (χ1n) is 6.21. The smallest absolute Gasteiger partial charge is 0.240 e. The van der Waals surface area contributed by atoms with Crippen LogP contribution < -0.4 is 10.6 Å². The Morgan fingerprint density at radius 3 is 3.00 bits per heavy atom. The van der Waals surface area contributed by atoms with Crippen LogP contribution in [-0.2, 0) is 4.79 Å². The summed E-state index contributed by atoms with van der Waals surface area (Å²) >= 11 is 0. The van der Waals surface area contributed by atoms with Crippen molar-refractivity contribution in [2.75, 3.05) is 6.54 Å². The van der Waals surface area contributed by atoms with Gasteiger partial charge in [-0.1, -0.05) is 0 Å². The molecule has 94 valence electrons. The van der Waals surface area contributed by atoms with E-state index in [-0.39, 0.29) is 11.9 Å². The van der Waals surface area contributed by atoms with Gasteiger partial charge in [-0.05, 0) is 51.8 Å². The monoisotopic (exact) mass is 236 g/mol. The minimum Gasteiger partial charge on any atom is -0.467 e. The molecule has 0 radical (unpaired) electrons. The van der Waals surface area contributed by atoms with Gasteiger partial charge in [0.15, 0.2) is 0 Å². The van der Waals surface area contributed by atoms with E-state index in [4.69, 9.17) is 4.42 Å². The lowest BCUT2D eigenvalue weighted by Gasteiger charge is -2.34. The first-order chi connectivity index (χ1) is 8.12. The van der Waals surface area contributed by atoms with Crippen molar-refractivity contribution in [3.05, 3.63) is 24.2 Å². The van der Waals surface area contributed by atoms with E-state index >= 15 is 0 Å². The van der Waals surface area contributed by atoms with Gasteiger partial charge in [0.05, 0.1) is 17.8 Å². The highest BCUT2D eigenvalue weighted by atomic mass is 16.3. The number of carbonyl (C=O) groups is 1. The zero-order valence-corrected chi connectivity index (χ0v) is 10.5. The van der Waals surface area contributed by atoms with Crippen molar-refractivity contribution in [3.63, 3.8) is 0 Å². The number of amides is 1. The highest BCUT2D eigenvalue weighted by Crippen LogP contribution is 2.21. The number of furan rings is 1. The third kappa shape index (κ3) is 2.69. The van der Waals surface area contributed by atoms with E-state index < -0.39 is 5.54 Å². The van der Waals surface area contributed by atoms with Gasteiger partial charge >= 0.3 is 0 Å². The van der Waals surface area contributed by atoms with E-state index in [2.05, 4.69) is 10.6 Å². The van der Waals surface area contributed by atoms with Gasteiger partial charge in [0, 0.05) is 0 Å². The van der Waals surface area contributed by atoms with E-state index in [9.17, 15) is 4.79 Å². The van der Waals surface area contributed by atoms with Gasteiger partial charge in [-0.2, -0.15) is 0 Å². The molecule has 0 bridgehead atoms. The molecule has 1 aromatic heterocycles. The molecule has 1 aliphatic heterocycles. The second kappa shape index (κ2) is 4.92. The van der Waals surface area contributed by atoms with Crippen LogP contribution in [0.15, 0.2) is 22.8 Å². The molecular formula is C13H20N2O2. The lowest BCUT2D eigenvalue weighted by Crippen LogP contribution is -2.57. The summed E-state index contributed by atoms with van der Waals surface area (Å²) in [6, 6.07) is 3.62. The maximum absolute atomic E-state index is 12.2. The van der Waals surface area contributed by atoms with Gasteiger partial charge in [0.1, 0.15) is 5.76 Å². The maximum Gasteiger partial charge on any atom is 0.240 e. The zero-order chi connectivity index (χ0) is 12.3. The summed E-state index contributed by atoms with van der Waals surface area (Å²) in [6.45, 7) is 4.82. The Kier molecular flexibility index (Phi) is 3.52. The Balaban J connectivity index is 1.96. The number of piperidine rings is 1. The van der Waals surface area contributed by atoms with Crippen LogP contribution in [0.1, 0.15) is 44.9 Å². The van der Waals surface area contributed by atoms with E-state index in [0.717, 1.165) is 31.6 Å². The second-order valence-corrected chi connectivity index (χ2v) is 4.93. The van der Waals surface area contributed by atoms with Crippen molar-refractivity contribution in [2.45, 2.75) is 44.7 Å². The van der Waals surface area contributed by atoms with Gasteiger partial charge < -0.3 is 15.1 Å². The summed E-state index contributed by atoms with van der Waals surface area (Å²) in [5.74, 6) is 0.846. The van der Waals surface area contributed by atoms with Crippen molar-refractivity contribution >= 4 is 5.91 Å². The topological polar surface area (TPSA) is 54.3 Å². The molecule has 0 spiro atoms. The molecule has 2 heterocycles. The highest BCUT2D eigenvalue weighted by Gasteiger charge is 2.35. The fourth-order valence-corrected chi connectivity index (χ4v) is 2.21. The predicted octanol–water partition coefficient (Wildman–Crippen LogP) is 1.99. The zero-order valence-electron chi connectivity index (χ0n) is 10.5. The molecule has 1 unspecified atom stereocenters. The Hall–Kier alpha value is -1.29. The van der Waals surface area contributed by atoms with E-state index in [1.165, 1.54) is 0 Å². The molecule has 2 N–H and O–H groups in total. The van der Waals surface area contributed by atoms with Gasteiger partial charge in [0.25, 0.3) is 0 Å². The summed E-state index contributed by atoms with van der Waals surface area (Å²) in [7, 11) is 0. The van der Waals surface area contributed by atoms with Crippen LogP contribution >= 0.6 is 0 Å². The van der Waals surface area contributed by atoms with Gasteiger partial charge in [-0.25, -0.2) is 0 Å². The van der Waals surface area contributed by atoms with Crippen molar-refractivity contribution in [1.29, 1.82) is 0 Å². The fourth-order valence-electron chi connectivity index (χ4n) is 2.21. The van der Waals surface area contributed by atoms with Gasteiger partial charge in [-0.3, -0.25) is 4.79 Å². The second-order valence-electron chi connectivity index (χ2n) is 4.93. The maximum atomic E-state index is 12.2. The fraction of sp³-hybridized carbons (Fsp3) is 0.615. The third-order valence-electron chi connectivity index (χ3n) is 3.44. The summed E-state index contributed by atoms with van der Waals surface area (Å²) in [4.78, 5) is 12.2. The van der Waals surface area contributed by atoms with E-state index in [0.29, 0.717) is 0 Å².